The molecule has 2 aromatic rings. The Hall–Kier alpha value is -2.20. The molecule has 9 nitrogen and oxygen atoms in total. The summed E-state index contributed by atoms with van der Waals surface area (Å²) in [5.74, 6) is -1.91. The van der Waals surface area contributed by atoms with Crippen LogP contribution in [0.1, 0.15) is 31.7 Å². The minimum atomic E-state index is -5.16. The maximum atomic E-state index is 12.9. The third kappa shape index (κ3) is 9.89. The third-order valence-corrected chi connectivity index (χ3v) is 8.31. The smallest absolute Gasteiger partial charge is 0.465 e. The van der Waals surface area contributed by atoms with Crippen molar-refractivity contribution >= 4 is 41.9 Å². The number of carbonyl (C=O) groups excluding carboxylic acids is 1. The van der Waals surface area contributed by atoms with Gasteiger partial charge in [0, 0.05) is 11.0 Å². The highest BCUT2D eigenvalue weighted by Crippen LogP contribution is 2.32. The minimum absolute atomic E-state index is 0.00872. The van der Waals surface area contributed by atoms with Gasteiger partial charge in [0.25, 0.3) is 0 Å². The summed E-state index contributed by atoms with van der Waals surface area (Å²) < 4.78 is 102. The molecule has 0 bridgehead atoms. The molecule has 0 radical (unpaired) electrons. The van der Waals surface area contributed by atoms with Crippen molar-refractivity contribution in [1.82, 2.24) is 9.44 Å². The SMILES string of the molecule is CCOC(=O)C(CCCCNS(=O)(=O)c1ccc(C)cc1)NS(=O)(=O)c1ccc(Br)cc1OC(F)(F)F. The van der Waals surface area contributed by atoms with E-state index in [9.17, 15) is 34.8 Å². The van der Waals surface area contributed by atoms with Crippen LogP contribution in [0.4, 0.5) is 13.2 Å². The number of esters is 1. The number of hydrogen-bond donors (Lipinski definition) is 2. The van der Waals surface area contributed by atoms with Crippen LogP contribution < -0.4 is 14.2 Å². The number of alkyl halides is 3. The summed E-state index contributed by atoms with van der Waals surface area (Å²) in [4.78, 5) is 11.6. The molecule has 2 rings (SSSR count). The number of rotatable bonds is 13. The first kappa shape index (κ1) is 31.0. The van der Waals surface area contributed by atoms with E-state index in [-0.39, 0.29) is 41.8 Å². The predicted octanol–water partition coefficient (Wildman–Crippen LogP) is 4.01. The van der Waals surface area contributed by atoms with E-state index in [4.69, 9.17) is 4.74 Å². The summed E-state index contributed by atoms with van der Waals surface area (Å²) in [6.45, 7) is 3.27. The lowest BCUT2D eigenvalue weighted by Crippen LogP contribution is -2.42. The molecule has 0 heterocycles. The lowest BCUT2D eigenvalue weighted by atomic mass is 10.1. The fraction of sp³-hybridized carbons (Fsp3) is 0.409. The quantitative estimate of drug-likeness (QED) is 0.253. The van der Waals surface area contributed by atoms with Crippen LogP contribution in [-0.2, 0) is 29.6 Å². The van der Waals surface area contributed by atoms with Gasteiger partial charge in [-0.3, -0.25) is 4.79 Å². The molecular weight excluding hydrogens is 605 g/mol. The predicted molar refractivity (Wildman–Crippen MR) is 132 cm³/mol. The van der Waals surface area contributed by atoms with Crippen LogP contribution in [0.3, 0.4) is 0 Å². The topological polar surface area (TPSA) is 128 Å². The first-order valence-corrected chi connectivity index (χ1v) is 14.7. The Bertz CT molecular complexity index is 1290. The summed E-state index contributed by atoms with van der Waals surface area (Å²) in [5.41, 5.74) is 0.895. The molecule has 0 aliphatic rings. The largest absolute Gasteiger partial charge is 0.573 e. The van der Waals surface area contributed by atoms with Crippen molar-refractivity contribution < 1.29 is 44.3 Å². The molecular formula is C22H26BrF3N2O7S2. The van der Waals surface area contributed by atoms with E-state index in [2.05, 4.69) is 30.1 Å². The Kier molecular flexibility index (Phi) is 10.9. The third-order valence-electron chi connectivity index (χ3n) is 4.83. The molecule has 0 saturated heterocycles. The van der Waals surface area contributed by atoms with Gasteiger partial charge >= 0.3 is 12.3 Å². The molecule has 0 aromatic heterocycles. The fourth-order valence-electron chi connectivity index (χ4n) is 3.11. The van der Waals surface area contributed by atoms with E-state index in [0.717, 1.165) is 17.7 Å². The monoisotopic (exact) mass is 630 g/mol. The average Bonchev–Trinajstić information content (AvgIpc) is 2.77. The fourth-order valence-corrected chi connectivity index (χ4v) is 5.85. The highest BCUT2D eigenvalue weighted by atomic mass is 79.9. The molecule has 15 heteroatoms. The number of hydrogen-bond acceptors (Lipinski definition) is 7. The lowest BCUT2D eigenvalue weighted by molar-refractivity contribution is -0.275. The van der Waals surface area contributed by atoms with E-state index in [0.29, 0.717) is 0 Å². The molecule has 2 aromatic carbocycles. The van der Waals surface area contributed by atoms with E-state index >= 15 is 0 Å². The first-order chi connectivity index (χ1) is 17.1. The molecule has 2 N–H and O–H groups in total. The average molecular weight is 631 g/mol. The first-order valence-electron chi connectivity index (χ1n) is 10.9. The van der Waals surface area contributed by atoms with Crippen molar-refractivity contribution in [2.45, 2.75) is 55.3 Å². The van der Waals surface area contributed by atoms with Crippen molar-refractivity contribution in [1.29, 1.82) is 0 Å². The van der Waals surface area contributed by atoms with Gasteiger partial charge in [0.05, 0.1) is 11.5 Å². The molecule has 0 saturated carbocycles. The minimum Gasteiger partial charge on any atom is -0.465 e. The number of nitrogens with one attached hydrogen (secondary N) is 2. The number of halogens is 4. The summed E-state index contributed by atoms with van der Waals surface area (Å²) in [6, 6.07) is 7.74. The number of unbranched alkanes of at least 4 members (excludes halogenated alkanes) is 1. The highest BCUT2D eigenvalue weighted by molar-refractivity contribution is 9.10. The number of ether oxygens (including phenoxy) is 2. The van der Waals surface area contributed by atoms with E-state index in [1.54, 1.807) is 12.1 Å². The molecule has 0 amide bonds. The Morgan fingerprint density at radius 1 is 1.03 bits per heavy atom. The second kappa shape index (κ2) is 13.0. The molecule has 0 fully saturated rings. The van der Waals surface area contributed by atoms with Crippen molar-refractivity contribution in [3.63, 3.8) is 0 Å². The van der Waals surface area contributed by atoms with E-state index in [1.165, 1.54) is 25.1 Å². The number of benzene rings is 2. The molecule has 206 valence electrons. The van der Waals surface area contributed by atoms with Crippen molar-refractivity contribution in [2.24, 2.45) is 0 Å². The molecule has 37 heavy (non-hydrogen) atoms. The van der Waals surface area contributed by atoms with Gasteiger partial charge in [-0.2, -0.15) is 4.72 Å². The Morgan fingerprint density at radius 3 is 2.27 bits per heavy atom. The maximum absolute atomic E-state index is 12.9. The van der Waals surface area contributed by atoms with Crippen LogP contribution in [0.15, 0.2) is 56.7 Å². The Labute approximate surface area is 222 Å². The van der Waals surface area contributed by atoms with Crippen LogP contribution in [0, 0.1) is 6.92 Å². The lowest BCUT2D eigenvalue weighted by Gasteiger charge is -2.19. The standard InChI is InChI=1S/C22H26BrF3N2O7S2/c1-3-34-21(29)18(6-4-5-13-27-36(30,31)17-10-7-15(2)8-11-17)28-37(32,33)20-12-9-16(23)14-19(20)35-22(24,25)26/h7-12,14,18,27-28H,3-6,13H2,1-2H3. The van der Waals surface area contributed by atoms with E-state index in [1.807, 2.05) is 6.92 Å². The molecule has 0 spiro atoms. The van der Waals surface area contributed by atoms with Crippen LogP contribution in [0.5, 0.6) is 5.75 Å². The van der Waals surface area contributed by atoms with Gasteiger partial charge in [-0.15, -0.1) is 13.2 Å². The molecule has 1 unspecified atom stereocenters. The van der Waals surface area contributed by atoms with Gasteiger partial charge in [0.1, 0.15) is 10.9 Å². The summed E-state index contributed by atoms with van der Waals surface area (Å²) in [7, 11) is -8.41. The van der Waals surface area contributed by atoms with Crippen molar-refractivity contribution in [3.05, 3.63) is 52.5 Å². The van der Waals surface area contributed by atoms with Gasteiger partial charge in [-0.05, 0) is 63.4 Å². The van der Waals surface area contributed by atoms with Crippen molar-refractivity contribution in [2.75, 3.05) is 13.2 Å². The number of aryl methyl sites for hydroxylation is 1. The Morgan fingerprint density at radius 2 is 1.68 bits per heavy atom. The normalized spacial score (nSPS) is 13.2. The number of sulfonamides is 2. The summed E-state index contributed by atoms with van der Waals surface area (Å²) >= 11 is 2.96. The van der Waals surface area contributed by atoms with Gasteiger partial charge in [-0.25, -0.2) is 21.6 Å². The second-order valence-electron chi connectivity index (χ2n) is 7.77. The van der Waals surface area contributed by atoms with E-state index < -0.39 is 49.1 Å². The number of carbonyl (C=O) groups is 1. The zero-order chi connectivity index (χ0) is 27.9. The molecule has 0 aliphatic carbocycles. The van der Waals surface area contributed by atoms with Crippen molar-refractivity contribution in [3.8, 4) is 5.75 Å². The second-order valence-corrected chi connectivity index (χ2v) is 12.1. The molecule has 0 aliphatic heterocycles. The van der Waals surface area contributed by atoms with Gasteiger partial charge < -0.3 is 9.47 Å². The highest BCUT2D eigenvalue weighted by Gasteiger charge is 2.35. The van der Waals surface area contributed by atoms with Gasteiger partial charge in [0.15, 0.2) is 5.75 Å². The van der Waals surface area contributed by atoms with Gasteiger partial charge in [-0.1, -0.05) is 33.6 Å². The van der Waals surface area contributed by atoms with Crippen LogP contribution >= 0.6 is 15.9 Å². The van der Waals surface area contributed by atoms with Crippen LogP contribution in [0.25, 0.3) is 0 Å². The van der Waals surface area contributed by atoms with Crippen LogP contribution in [-0.4, -0.2) is 48.4 Å². The Balaban J connectivity index is 2.09. The molecule has 1 atom stereocenters. The van der Waals surface area contributed by atoms with Gasteiger partial charge in [0.2, 0.25) is 20.0 Å². The van der Waals surface area contributed by atoms with Crippen LogP contribution in [0.2, 0.25) is 0 Å². The summed E-state index contributed by atoms with van der Waals surface area (Å²) in [5, 5.41) is 0. The maximum Gasteiger partial charge on any atom is 0.573 e. The zero-order valence-electron chi connectivity index (χ0n) is 19.8. The summed E-state index contributed by atoms with van der Waals surface area (Å²) in [6.07, 6.45) is -4.83. The zero-order valence-corrected chi connectivity index (χ0v) is 23.1.